The van der Waals surface area contributed by atoms with Gasteiger partial charge in [-0.3, -0.25) is 14.5 Å². The molecule has 0 radical (unpaired) electrons. The number of phenolic OH excluding ortho intramolecular Hbond substituents is 1. The van der Waals surface area contributed by atoms with Gasteiger partial charge in [0.2, 0.25) is 0 Å². The summed E-state index contributed by atoms with van der Waals surface area (Å²) in [7, 11) is 0. The number of ketones is 1. The van der Waals surface area contributed by atoms with Crippen molar-refractivity contribution in [1.82, 2.24) is 0 Å². The Hall–Kier alpha value is -4.07. The van der Waals surface area contributed by atoms with Crippen LogP contribution in [0.15, 0.2) is 71.9 Å². The molecule has 0 unspecified atom stereocenters. The molecular weight excluding hydrogens is 601 g/mol. The highest BCUT2D eigenvalue weighted by Crippen LogP contribution is 2.50. The van der Waals surface area contributed by atoms with Crippen LogP contribution in [0.1, 0.15) is 115 Å². The predicted molar refractivity (Wildman–Crippen MR) is 181 cm³/mol. The highest BCUT2D eigenvalue weighted by Gasteiger charge is 2.50. The number of nitrogens with zero attached hydrogens (tertiary/aromatic N) is 1. The zero-order chi connectivity index (χ0) is 34.9. The van der Waals surface area contributed by atoms with Gasteiger partial charge in [-0.15, -0.1) is 0 Å². The molecule has 0 spiro atoms. The Morgan fingerprint density at radius 3 is 1.85 bits per heavy atom. The Bertz CT molecular complexity index is 1720. The number of amides is 1. The Morgan fingerprint density at radius 1 is 0.787 bits per heavy atom. The first-order chi connectivity index (χ1) is 21.6. The third-order valence-electron chi connectivity index (χ3n) is 9.26. The Morgan fingerprint density at radius 2 is 1.34 bits per heavy atom. The fraction of sp³-hybridized carbons (Fsp3) is 0.436. The van der Waals surface area contributed by atoms with Crippen molar-refractivity contribution < 1.29 is 27.9 Å². The van der Waals surface area contributed by atoms with Gasteiger partial charge in [0.25, 0.3) is 0 Å². The van der Waals surface area contributed by atoms with Crippen LogP contribution < -0.4 is 10.2 Å². The van der Waals surface area contributed by atoms with E-state index in [-0.39, 0.29) is 40.5 Å². The van der Waals surface area contributed by atoms with E-state index in [0.29, 0.717) is 34.5 Å². The number of hydrogen-bond acceptors (Lipinski definition) is 4. The lowest BCUT2D eigenvalue weighted by Gasteiger charge is -2.37. The summed E-state index contributed by atoms with van der Waals surface area (Å²) in [6.07, 6.45) is -4.78. The molecule has 47 heavy (non-hydrogen) atoms. The molecule has 0 saturated carbocycles. The number of allylic oxidation sites excluding steroid dienone is 1. The maximum atomic E-state index is 14.5. The highest BCUT2D eigenvalue weighted by molar-refractivity contribution is 6.07. The van der Waals surface area contributed by atoms with Crippen LogP contribution in [0.5, 0.6) is 5.75 Å². The fourth-order valence-corrected chi connectivity index (χ4v) is 6.71. The average molecular weight is 647 g/mol. The van der Waals surface area contributed by atoms with Crippen molar-refractivity contribution in [1.29, 1.82) is 0 Å². The van der Waals surface area contributed by atoms with Crippen molar-refractivity contribution in [2.45, 2.75) is 110 Å². The summed E-state index contributed by atoms with van der Waals surface area (Å²) in [6.45, 7) is 17.8. The van der Waals surface area contributed by atoms with E-state index in [9.17, 15) is 27.9 Å². The molecule has 1 aliphatic heterocycles. The molecule has 1 amide bonds. The van der Waals surface area contributed by atoms with E-state index in [1.807, 2.05) is 53.7 Å². The minimum absolute atomic E-state index is 0.0239. The van der Waals surface area contributed by atoms with Crippen molar-refractivity contribution in [2.75, 3.05) is 10.2 Å². The van der Waals surface area contributed by atoms with Crippen LogP contribution in [0.2, 0.25) is 0 Å². The van der Waals surface area contributed by atoms with Gasteiger partial charge in [0.1, 0.15) is 5.75 Å². The summed E-state index contributed by atoms with van der Waals surface area (Å²) in [6, 6.07) is 16.5. The molecular formula is C39H45F3N2O3. The number of alkyl halides is 3. The van der Waals surface area contributed by atoms with Crippen LogP contribution in [-0.4, -0.2) is 23.0 Å². The monoisotopic (exact) mass is 646 g/mol. The quantitative estimate of drug-likeness (QED) is 0.291. The second-order valence-electron chi connectivity index (χ2n) is 16.0. The van der Waals surface area contributed by atoms with Gasteiger partial charge < -0.3 is 10.4 Å². The number of anilines is 2. The first-order valence-electron chi connectivity index (χ1n) is 16.1. The van der Waals surface area contributed by atoms with E-state index < -0.39 is 29.0 Å². The maximum Gasteiger partial charge on any atom is 0.471 e. The molecule has 0 bridgehead atoms. The molecule has 2 aliphatic rings. The zero-order valence-electron chi connectivity index (χ0n) is 28.7. The number of halogens is 3. The van der Waals surface area contributed by atoms with Gasteiger partial charge in [0.15, 0.2) is 5.78 Å². The topological polar surface area (TPSA) is 69.6 Å². The standard InChI is InChI=1S/C39H45F3N2O3/c1-36(2,3)25-16-14-22(15-17-25)23-20-29-32(31(45)21-23)33(24-18-26(37(4,5)6)34(46)27(19-24)38(7,8)9)44(35(47)39(40,41)42)30-13-11-10-12-28(30)43-29/h10-19,23,33,43,46H,20-21H2,1-9H3/t23-,33+/m1/s1. The smallest absolute Gasteiger partial charge is 0.471 e. The molecule has 1 aliphatic carbocycles. The van der Waals surface area contributed by atoms with Crippen molar-refractivity contribution >= 4 is 23.1 Å². The summed E-state index contributed by atoms with van der Waals surface area (Å²) in [4.78, 5) is 28.7. The lowest BCUT2D eigenvalue weighted by atomic mass is 9.74. The normalized spacial score (nSPS) is 19.1. The van der Waals surface area contributed by atoms with Gasteiger partial charge in [-0.1, -0.05) is 98.7 Å². The second-order valence-corrected chi connectivity index (χ2v) is 16.0. The molecule has 2 N–H and O–H groups in total. The predicted octanol–water partition coefficient (Wildman–Crippen LogP) is 9.75. The molecule has 3 aromatic rings. The molecule has 8 heteroatoms. The van der Waals surface area contributed by atoms with Gasteiger partial charge in [-0.2, -0.15) is 13.2 Å². The number of carbonyl (C=O) groups is 2. The van der Waals surface area contributed by atoms with Crippen LogP contribution in [0.3, 0.4) is 0 Å². The van der Waals surface area contributed by atoms with Crippen LogP contribution in [0.4, 0.5) is 24.5 Å². The number of benzene rings is 3. The van der Waals surface area contributed by atoms with Crippen molar-refractivity contribution in [3.63, 3.8) is 0 Å². The van der Waals surface area contributed by atoms with Crippen molar-refractivity contribution in [3.05, 3.63) is 99.8 Å². The van der Waals surface area contributed by atoms with Gasteiger partial charge >= 0.3 is 12.1 Å². The van der Waals surface area contributed by atoms with Crippen LogP contribution >= 0.6 is 0 Å². The number of hydrogen-bond donors (Lipinski definition) is 2. The molecule has 0 fully saturated rings. The highest BCUT2D eigenvalue weighted by atomic mass is 19.4. The first-order valence-corrected chi connectivity index (χ1v) is 16.1. The summed E-state index contributed by atoms with van der Waals surface area (Å²) in [5.41, 5.74) is 3.20. The third kappa shape index (κ3) is 6.56. The van der Waals surface area contributed by atoms with Gasteiger partial charge in [0.05, 0.1) is 17.4 Å². The van der Waals surface area contributed by atoms with E-state index in [1.54, 1.807) is 30.3 Å². The summed E-state index contributed by atoms with van der Waals surface area (Å²) < 4.78 is 43.6. The Balaban J connectivity index is 1.80. The minimum Gasteiger partial charge on any atom is -0.507 e. The SMILES string of the molecule is CC(C)(C)c1ccc([C@H]2CC(=O)C3=C(C2)Nc2ccccc2N(C(=O)C(F)(F)F)[C@H]3c2cc(C(C)(C)C)c(O)c(C(C)(C)C)c2)cc1. The number of carbonyl (C=O) groups excluding carboxylic acids is 2. The lowest BCUT2D eigenvalue weighted by molar-refractivity contribution is -0.170. The summed E-state index contributed by atoms with van der Waals surface area (Å²) >= 11 is 0. The molecule has 5 nitrogen and oxygen atoms in total. The van der Waals surface area contributed by atoms with Crippen LogP contribution in [0.25, 0.3) is 0 Å². The van der Waals surface area contributed by atoms with Gasteiger partial charge in [0, 0.05) is 17.7 Å². The molecule has 250 valence electrons. The van der Waals surface area contributed by atoms with E-state index in [2.05, 4.69) is 38.2 Å². The maximum absolute atomic E-state index is 14.5. The Kier molecular flexibility index (Phi) is 8.43. The number of Topliss-reactive ketones (excluding diaryl/α,β-unsaturated/α-hetero) is 1. The molecule has 1 heterocycles. The lowest BCUT2D eigenvalue weighted by Crippen LogP contribution is -2.45. The zero-order valence-corrected chi connectivity index (χ0v) is 28.7. The van der Waals surface area contributed by atoms with Crippen molar-refractivity contribution in [2.24, 2.45) is 0 Å². The van der Waals surface area contributed by atoms with E-state index >= 15 is 0 Å². The molecule has 3 aromatic carbocycles. The van der Waals surface area contributed by atoms with Crippen LogP contribution in [0, 0.1) is 0 Å². The van der Waals surface area contributed by atoms with E-state index in [4.69, 9.17) is 0 Å². The summed E-state index contributed by atoms with van der Waals surface area (Å²) in [5, 5.41) is 14.8. The van der Waals surface area contributed by atoms with Crippen LogP contribution in [-0.2, 0) is 25.8 Å². The Labute approximate surface area is 275 Å². The second kappa shape index (κ2) is 11.6. The molecule has 2 atom stereocenters. The number of fused-ring (bicyclic) bond motifs is 1. The largest absolute Gasteiger partial charge is 0.507 e. The number of aromatic hydroxyl groups is 1. The van der Waals surface area contributed by atoms with Gasteiger partial charge in [-0.05, 0) is 80.7 Å². The van der Waals surface area contributed by atoms with E-state index in [1.165, 1.54) is 6.07 Å². The fourth-order valence-electron chi connectivity index (χ4n) is 6.71. The number of rotatable bonds is 2. The van der Waals surface area contributed by atoms with Crippen molar-refractivity contribution in [3.8, 4) is 5.75 Å². The number of phenols is 1. The average Bonchev–Trinajstić information content (AvgIpc) is 3.09. The first kappa shape index (κ1) is 34.3. The third-order valence-corrected chi connectivity index (χ3v) is 9.26. The molecule has 5 rings (SSSR count). The molecule has 0 aromatic heterocycles. The van der Waals surface area contributed by atoms with Gasteiger partial charge in [-0.25, -0.2) is 0 Å². The molecule has 0 saturated heterocycles. The number of nitrogens with one attached hydrogen (secondary N) is 1. The minimum atomic E-state index is -5.22. The number of para-hydroxylation sites is 2. The van der Waals surface area contributed by atoms with E-state index in [0.717, 1.165) is 16.0 Å². The summed E-state index contributed by atoms with van der Waals surface area (Å²) in [5.74, 6) is -2.56.